The van der Waals surface area contributed by atoms with Gasteiger partial charge in [0.2, 0.25) is 15.9 Å². The van der Waals surface area contributed by atoms with Gasteiger partial charge in [-0.25, -0.2) is 17.9 Å². The molecule has 0 spiro atoms. The fourth-order valence-corrected chi connectivity index (χ4v) is 3.17. The van der Waals surface area contributed by atoms with Gasteiger partial charge in [0.05, 0.1) is 11.3 Å². The van der Waals surface area contributed by atoms with Crippen LogP contribution in [0.1, 0.15) is 11.1 Å². The van der Waals surface area contributed by atoms with Crippen LogP contribution in [0.4, 0.5) is 10.1 Å². The largest absolute Gasteiger partial charge is 0.489 e. The number of ether oxygens (including phenoxy) is 1. The molecule has 0 aliphatic heterocycles. The van der Waals surface area contributed by atoms with Gasteiger partial charge in [-0.1, -0.05) is 30.3 Å². The Morgan fingerprint density at radius 3 is 2.38 bits per heavy atom. The average Bonchev–Trinajstić information content (AvgIpc) is 2.66. The van der Waals surface area contributed by atoms with E-state index in [0.717, 1.165) is 5.56 Å². The zero-order valence-electron chi connectivity index (χ0n) is 15.3. The van der Waals surface area contributed by atoms with Crippen molar-refractivity contribution < 1.29 is 22.3 Å². The van der Waals surface area contributed by atoms with Gasteiger partial charge in [0.1, 0.15) is 18.2 Å². The van der Waals surface area contributed by atoms with Gasteiger partial charge in [0.25, 0.3) is 0 Å². The minimum atomic E-state index is -3.76. The van der Waals surface area contributed by atoms with Crippen molar-refractivity contribution in [2.75, 3.05) is 5.32 Å². The summed E-state index contributed by atoms with van der Waals surface area (Å²) in [6, 6.07) is 18.8. The third-order valence-electron chi connectivity index (χ3n) is 4.03. The lowest BCUT2D eigenvalue weighted by atomic mass is 10.1. The van der Waals surface area contributed by atoms with Gasteiger partial charge in [-0.2, -0.15) is 0 Å². The highest BCUT2D eigenvalue weighted by Crippen LogP contribution is 2.17. The summed E-state index contributed by atoms with van der Waals surface area (Å²) >= 11 is 0. The van der Waals surface area contributed by atoms with Gasteiger partial charge in [-0.3, -0.25) is 4.79 Å². The van der Waals surface area contributed by atoms with E-state index in [9.17, 15) is 17.6 Å². The van der Waals surface area contributed by atoms with E-state index in [1.165, 1.54) is 24.3 Å². The summed E-state index contributed by atoms with van der Waals surface area (Å²) in [5, 5.41) is 7.84. The zero-order valence-corrected chi connectivity index (χ0v) is 16.2. The number of nitrogens with one attached hydrogen (secondary N) is 1. The van der Waals surface area contributed by atoms with E-state index in [0.29, 0.717) is 17.0 Å². The fourth-order valence-electron chi connectivity index (χ4n) is 2.65. The summed E-state index contributed by atoms with van der Waals surface area (Å²) < 4.78 is 41.3. The molecule has 1 amide bonds. The molecule has 0 aromatic heterocycles. The molecule has 29 heavy (non-hydrogen) atoms. The summed E-state index contributed by atoms with van der Waals surface area (Å²) in [5.74, 6) is -0.209. The van der Waals surface area contributed by atoms with Crippen LogP contribution in [0.5, 0.6) is 5.75 Å². The summed E-state index contributed by atoms with van der Waals surface area (Å²) in [5.41, 5.74) is 2.06. The molecule has 3 aromatic carbocycles. The van der Waals surface area contributed by atoms with E-state index in [4.69, 9.17) is 9.88 Å². The van der Waals surface area contributed by atoms with Crippen LogP contribution in [0.2, 0.25) is 0 Å². The molecule has 0 aliphatic carbocycles. The van der Waals surface area contributed by atoms with Crippen LogP contribution in [0.25, 0.3) is 0 Å². The van der Waals surface area contributed by atoms with Crippen molar-refractivity contribution in [1.82, 2.24) is 0 Å². The van der Waals surface area contributed by atoms with Gasteiger partial charge in [0, 0.05) is 11.8 Å². The third-order valence-corrected chi connectivity index (χ3v) is 4.96. The first kappa shape index (κ1) is 20.5. The lowest BCUT2D eigenvalue weighted by Gasteiger charge is -2.09. The van der Waals surface area contributed by atoms with Gasteiger partial charge >= 0.3 is 0 Å². The minimum absolute atomic E-state index is 0.00680. The molecule has 0 saturated heterocycles. The van der Waals surface area contributed by atoms with Crippen molar-refractivity contribution >= 4 is 21.6 Å². The molecule has 0 unspecified atom stereocenters. The Labute approximate surface area is 168 Å². The SMILES string of the molecule is NS(=O)(=O)c1ccc(CC(=O)Nc2cccc(COc3cccc(F)c3)c2)cc1. The Kier molecular flexibility index (Phi) is 6.26. The van der Waals surface area contributed by atoms with Crippen LogP contribution >= 0.6 is 0 Å². The molecular formula is C21H19FN2O4S. The molecule has 150 valence electrons. The van der Waals surface area contributed by atoms with Gasteiger partial charge in [0.15, 0.2) is 0 Å². The Bertz CT molecular complexity index is 1120. The number of amides is 1. The quantitative estimate of drug-likeness (QED) is 0.620. The monoisotopic (exact) mass is 414 g/mol. The maximum absolute atomic E-state index is 13.2. The van der Waals surface area contributed by atoms with Gasteiger partial charge in [-0.05, 0) is 47.5 Å². The number of hydrogen-bond donors (Lipinski definition) is 2. The molecule has 3 rings (SSSR count). The number of hydrogen-bond acceptors (Lipinski definition) is 4. The number of primary sulfonamides is 1. The molecule has 0 fully saturated rings. The van der Waals surface area contributed by atoms with Crippen LogP contribution in [-0.4, -0.2) is 14.3 Å². The third kappa shape index (κ3) is 6.13. The van der Waals surface area contributed by atoms with E-state index < -0.39 is 10.0 Å². The first-order chi connectivity index (χ1) is 13.8. The number of anilines is 1. The van der Waals surface area contributed by atoms with Crippen molar-refractivity contribution in [3.63, 3.8) is 0 Å². The molecule has 6 nitrogen and oxygen atoms in total. The average molecular weight is 414 g/mol. The molecule has 3 aromatic rings. The summed E-state index contributed by atoms with van der Waals surface area (Å²) in [4.78, 5) is 12.3. The second kappa shape index (κ2) is 8.85. The molecule has 0 heterocycles. The molecule has 0 aliphatic rings. The molecular weight excluding hydrogens is 395 g/mol. The van der Waals surface area contributed by atoms with Crippen LogP contribution < -0.4 is 15.2 Å². The van der Waals surface area contributed by atoms with Crippen LogP contribution in [-0.2, 0) is 27.8 Å². The molecule has 0 bridgehead atoms. The fraction of sp³-hybridized carbons (Fsp3) is 0.0952. The predicted molar refractivity (Wildman–Crippen MR) is 107 cm³/mol. The van der Waals surface area contributed by atoms with Crippen molar-refractivity contribution in [2.45, 2.75) is 17.9 Å². The van der Waals surface area contributed by atoms with Crippen molar-refractivity contribution in [2.24, 2.45) is 5.14 Å². The van der Waals surface area contributed by atoms with E-state index in [2.05, 4.69) is 5.32 Å². The predicted octanol–water partition coefficient (Wildman–Crippen LogP) is 3.23. The van der Waals surface area contributed by atoms with E-state index in [1.54, 1.807) is 42.5 Å². The Balaban J connectivity index is 1.58. The number of nitrogens with two attached hydrogens (primary N) is 1. The van der Waals surface area contributed by atoms with Gasteiger partial charge in [-0.15, -0.1) is 0 Å². The normalized spacial score (nSPS) is 11.1. The van der Waals surface area contributed by atoms with E-state index in [1.807, 2.05) is 6.07 Å². The first-order valence-electron chi connectivity index (χ1n) is 8.68. The number of halogens is 1. The number of rotatable bonds is 7. The van der Waals surface area contributed by atoms with Crippen LogP contribution in [0, 0.1) is 5.82 Å². The highest BCUT2D eigenvalue weighted by molar-refractivity contribution is 7.89. The van der Waals surface area contributed by atoms with Gasteiger partial charge < -0.3 is 10.1 Å². The Morgan fingerprint density at radius 1 is 0.966 bits per heavy atom. The van der Waals surface area contributed by atoms with E-state index >= 15 is 0 Å². The minimum Gasteiger partial charge on any atom is -0.489 e. The zero-order chi connectivity index (χ0) is 20.9. The molecule has 0 radical (unpaired) electrons. The van der Waals surface area contributed by atoms with Crippen LogP contribution in [0.3, 0.4) is 0 Å². The second-order valence-corrected chi connectivity index (χ2v) is 7.92. The van der Waals surface area contributed by atoms with Crippen molar-refractivity contribution in [1.29, 1.82) is 0 Å². The summed E-state index contributed by atoms with van der Waals surface area (Å²) in [6.07, 6.45) is 0.0783. The summed E-state index contributed by atoms with van der Waals surface area (Å²) in [7, 11) is -3.76. The molecule has 0 saturated carbocycles. The first-order valence-corrected chi connectivity index (χ1v) is 10.2. The lowest BCUT2D eigenvalue weighted by Crippen LogP contribution is -2.15. The standard InChI is InChI=1S/C21H19FN2O4S/c22-17-4-2-6-19(13-17)28-14-16-3-1-5-18(11-16)24-21(25)12-15-7-9-20(10-8-15)29(23,26)27/h1-11,13H,12,14H2,(H,24,25)(H2,23,26,27). The van der Waals surface area contributed by atoms with Crippen molar-refractivity contribution in [3.05, 3.63) is 89.7 Å². The second-order valence-electron chi connectivity index (χ2n) is 6.36. The Hall–Kier alpha value is -3.23. The lowest BCUT2D eigenvalue weighted by molar-refractivity contribution is -0.115. The smallest absolute Gasteiger partial charge is 0.238 e. The molecule has 3 N–H and O–H groups in total. The van der Waals surface area contributed by atoms with E-state index in [-0.39, 0.29) is 29.6 Å². The van der Waals surface area contributed by atoms with Crippen molar-refractivity contribution in [3.8, 4) is 5.75 Å². The van der Waals surface area contributed by atoms with Crippen LogP contribution in [0.15, 0.2) is 77.7 Å². The maximum Gasteiger partial charge on any atom is 0.238 e. The topological polar surface area (TPSA) is 98.5 Å². The number of sulfonamides is 1. The number of carbonyl (C=O) groups excluding carboxylic acids is 1. The number of benzene rings is 3. The highest BCUT2D eigenvalue weighted by atomic mass is 32.2. The maximum atomic E-state index is 13.2. The highest BCUT2D eigenvalue weighted by Gasteiger charge is 2.09. The Morgan fingerprint density at radius 2 is 1.69 bits per heavy atom. The molecule has 0 atom stereocenters. The summed E-state index contributed by atoms with van der Waals surface area (Å²) in [6.45, 7) is 0.224. The molecule has 8 heteroatoms. The number of carbonyl (C=O) groups is 1.